The highest BCUT2D eigenvalue weighted by Gasteiger charge is 2.45. The van der Waals surface area contributed by atoms with Crippen molar-refractivity contribution in [1.29, 1.82) is 0 Å². The van der Waals surface area contributed by atoms with Crippen molar-refractivity contribution in [2.24, 2.45) is 17.3 Å². The van der Waals surface area contributed by atoms with Gasteiger partial charge in [-0.25, -0.2) is 4.98 Å². The Bertz CT molecular complexity index is 1360. The second-order valence-electron chi connectivity index (χ2n) is 13.0. The van der Waals surface area contributed by atoms with E-state index in [-0.39, 0.29) is 29.1 Å². The summed E-state index contributed by atoms with van der Waals surface area (Å²) in [5, 5.41) is 11.1. The van der Waals surface area contributed by atoms with Gasteiger partial charge in [0.2, 0.25) is 5.91 Å². The number of hydrogen-bond acceptors (Lipinski definition) is 6. The van der Waals surface area contributed by atoms with Gasteiger partial charge in [0.15, 0.2) is 5.78 Å². The number of fused-ring (bicyclic) bond motifs is 1. The van der Waals surface area contributed by atoms with Gasteiger partial charge in [-0.1, -0.05) is 55.7 Å². The summed E-state index contributed by atoms with van der Waals surface area (Å²) in [5.74, 6) is 1.45. The van der Waals surface area contributed by atoms with Gasteiger partial charge in [0, 0.05) is 19.0 Å². The van der Waals surface area contributed by atoms with E-state index in [1.165, 1.54) is 43.2 Å². The van der Waals surface area contributed by atoms with E-state index >= 15 is 0 Å². The third kappa shape index (κ3) is 6.85. The molecule has 2 unspecified atom stereocenters. The van der Waals surface area contributed by atoms with Crippen LogP contribution in [0.1, 0.15) is 74.5 Å². The minimum atomic E-state index is -0.567. The van der Waals surface area contributed by atoms with Crippen LogP contribution in [0.15, 0.2) is 61.2 Å². The summed E-state index contributed by atoms with van der Waals surface area (Å²) in [4.78, 5) is 32.1. The van der Waals surface area contributed by atoms with E-state index in [0.29, 0.717) is 25.3 Å². The molecule has 0 bridgehead atoms. The van der Waals surface area contributed by atoms with Crippen molar-refractivity contribution in [3.8, 4) is 5.75 Å². The Labute approximate surface area is 255 Å². The lowest BCUT2D eigenvalue weighted by Crippen LogP contribution is -2.54. The van der Waals surface area contributed by atoms with Crippen molar-refractivity contribution in [3.05, 3.63) is 77.9 Å². The van der Waals surface area contributed by atoms with Gasteiger partial charge in [-0.05, 0) is 91.5 Å². The van der Waals surface area contributed by atoms with Crippen LogP contribution < -0.4 is 15.4 Å². The van der Waals surface area contributed by atoms with E-state index < -0.39 is 6.04 Å². The molecule has 8 nitrogen and oxygen atoms in total. The van der Waals surface area contributed by atoms with Crippen LogP contribution in [-0.4, -0.2) is 45.6 Å². The van der Waals surface area contributed by atoms with Gasteiger partial charge in [0.05, 0.1) is 19.2 Å². The van der Waals surface area contributed by atoms with E-state index in [2.05, 4.69) is 32.8 Å². The Kier molecular flexibility index (Phi) is 9.22. The van der Waals surface area contributed by atoms with Crippen LogP contribution >= 0.6 is 0 Å². The van der Waals surface area contributed by atoms with Crippen LogP contribution in [0.4, 0.5) is 0 Å². The number of nitrogens with zero attached hydrogens (tertiary/aromatic N) is 3. The van der Waals surface area contributed by atoms with Crippen LogP contribution in [0.3, 0.4) is 0 Å². The lowest BCUT2D eigenvalue weighted by molar-refractivity contribution is -0.132. The number of amides is 1. The summed E-state index contributed by atoms with van der Waals surface area (Å²) in [6.45, 7) is 1.53. The number of rotatable bonds is 10. The largest absolute Gasteiger partial charge is 0.497 e. The fourth-order valence-electron chi connectivity index (χ4n) is 7.94. The van der Waals surface area contributed by atoms with Crippen molar-refractivity contribution in [2.45, 2.75) is 95.8 Å². The van der Waals surface area contributed by atoms with Gasteiger partial charge in [-0.2, -0.15) is 5.10 Å². The van der Waals surface area contributed by atoms with Gasteiger partial charge in [-0.3, -0.25) is 14.3 Å². The van der Waals surface area contributed by atoms with Crippen molar-refractivity contribution in [1.82, 2.24) is 25.4 Å². The van der Waals surface area contributed by atoms with E-state index in [9.17, 15) is 9.59 Å². The highest BCUT2D eigenvalue weighted by molar-refractivity contribution is 5.92. The van der Waals surface area contributed by atoms with Crippen LogP contribution in [0.25, 0.3) is 0 Å². The molecular weight excluding hydrogens is 538 g/mol. The van der Waals surface area contributed by atoms with Crippen molar-refractivity contribution < 1.29 is 14.3 Å². The molecule has 1 amide bonds. The maximum Gasteiger partial charge on any atom is 0.238 e. The fraction of sp³-hybridized carbons (Fsp3) is 0.543. The summed E-state index contributed by atoms with van der Waals surface area (Å²) in [6, 6.07) is 15.2. The number of Topliss-reactive ketones (excluding diaryl/α,β-unsaturated/α-hetero) is 1. The minimum Gasteiger partial charge on any atom is -0.497 e. The molecule has 2 N–H and O–H groups in total. The number of carbonyl (C=O) groups is 2. The molecule has 2 fully saturated rings. The summed E-state index contributed by atoms with van der Waals surface area (Å²) < 4.78 is 7.34. The fourth-order valence-corrected chi connectivity index (χ4v) is 7.94. The van der Waals surface area contributed by atoms with Crippen LogP contribution in [0, 0.1) is 17.3 Å². The smallest absolute Gasteiger partial charge is 0.238 e. The third-order valence-corrected chi connectivity index (χ3v) is 10.5. The summed E-state index contributed by atoms with van der Waals surface area (Å²) in [6.07, 6.45) is 14.7. The average molecular weight is 584 g/mol. The van der Waals surface area contributed by atoms with Crippen molar-refractivity contribution in [3.63, 3.8) is 0 Å². The molecule has 1 aliphatic heterocycles. The zero-order valence-electron chi connectivity index (χ0n) is 25.3. The molecule has 1 aromatic heterocycles. The first-order chi connectivity index (χ1) is 21.0. The normalized spacial score (nSPS) is 25.0. The van der Waals surface area contributed by atoms with Crippen molar-refractivity contribution >= 4 is 11.7 Å². The molecular formula is C35H45N5O3. The maximum absolute atomic E-state index is 14.3. The third-order valence-electron chi connectivity index (χ3n) is 10.5. The topological polar surface area (TPSA) is 98.1 Å². The summed E-state index contributed by atoms with van der Waals surface area (Å²) >= 11 is 0. The SMILES string of the molecule is COc1ccc(CC(NC(=O)C2Cc3ccccc3CN2)C(=O)C2CCC(Cn3cncn3)(C3CCCCC3)CC2)cc1. The second-order valence-corrected chi connectivity index (χ2v) is 13.0. The lowest BCUT2D eigenvalue weighted by Gasteiger charge is -2.47. The predicted octanol–water partition coefficient (Wildman–Crippen LogP) is 5.05. The molecule has 8 heteroatoms. The Hall–Kier alpha value is -3.52. The number of hydrogen-bond donors (Lipinski definition) is 2. The molecule has 0 radical (unpaired) electrons. The number of carbonyl (C=O) groups excluding carboxylic acids is 2. The molecule has 43 heavy (non-hydrogen) atoms. The second kappa shape index (κ2) is 13.4. The number of aromatic nitrogens is 3. The van der Waals surface area contributed by atoms with Gasteiger partial charge < -0.3 is 15.4 Å². The van der Waals surface area contributed by atoms with Crippen LogP contribution in [-0.2, 0) is 35.5 Å². The molecule has 2 atom stereocenters. The molecule has 3 aliphatic rings. The zero-order chi connectivity index (χ0) is 29.6. The zero-order valence-corrected chi connectivity index (χ0v) is 25.3. The monoisotopic (exact) mass is 583 g/mol. The van der Waals surface area contributed by atoms with E-state index in [1.54, 1.807) is 13.4 Å². The number of nitrogens with one attached hydrogen (secondary N) is 2. The highest BCUT2D eigenvalue weighted by atomic mass is 16.5. The first kappa shape index (κ1) is 29.5. The Balaban J connectivity index is 1.17. The van der Waals surface area contributed by atoms with Gasteiger partial charge in [0.1, 0.15) is 18.4 Å². The molecule has 6 rings (SSSR count). The number of methoxy groups -OCH3 is 1. The first-order valence-corrected chi connectivity index (χ1v) is 16.1. The lowest BCUT2D eigenvalue weighted by atomic mass is 9.59. The van der Waals surface area contributed by atoms with Gasteiger partial charge >= 0.3 is 0 Å². The first-order valence-electron chi connectivity index (χ1n) is 16.1. The predicted molar refractivity (Wildman–Crippen MR) is 165 cm³/mol. The number of ether oxygens (including phenoxy) is 1. The standard InChI is InChI=1S/C35H45N5O3/c1-43-30-13-11-25(12-14-30)19-31(39-34(42)32-20-27-7-5-6-8-28(27)21-37-32)33(41)26-15-17-35(18-16-26,22-40-24-36-23-38-40)29-9-3-2-4-10-29/h5-8,11-14,23-24,26,29,31-32,37H,2-4,9-10,15-22H2,1H3,(H,39,42). The molecule has 2 heterocycles. The molecule has 228 valence electrons. The number of ketones is 1. The Morgan fingerprint density at radius 2 is 1.77 bits per heavy atom. The van der Waals surface area contributed by atoms with Crippen LogP contribution in [0.5, 0.6) is 5.75 Å². The quantitative estimate of drug-likeness (QED) is 0.347. The number of benzene rings is 2. The van der Waals surface area contributed by atoms with Gasteiger partial charge in [0.25, 0.3) is 0 Å². The average Bonchev–Trinajstić information content (AvgIpc) is 3.58. The highest BCUT2D eigenvalue weighted by Crippen LogP contribution is 2.50. The summed E-state index contributed by atoms with van der Waals surface area (Å²) in [5.41, 5.74) is 3.59. The van der Waals surface area contributed by atoms with Gasteiger partial charge in [-0.15, -0.1) is 0 Å². The Morgan fingerprint density at radius 3 is 2.47 bits per heavy atom. The maximum atomic E-state index is 14.3. The molecule has 0 spiro atoms. The van der Waals surface area contributed by atoms with Crippen LogP contribution in [0.2, 0.25) is 0 Å². The molecule has 2 aliphatic carbocycles. The molecule has 3 aromatic rings. The molecule has 2 saturated carbocycles. The Morgan fingerprint density at radius 1 is 1.02 bits per heavy atom. The van der Waals surface area contributed by atoms with E-state index in [1.807, 2.05) is 47.4 Å². The van der Waals surface area contributed by atoms with E-state index in [4.69, 9.17) is 4.74 Å². The summed E-state index contributed by atoms with van der Waals surface area (Å²) in [7, 11) is 1.65. The molecule has 2 aromatic carbocycles. The van der Waals surface area contributed by atoms with Crippen molar-refractivity contribution in [2.75, 3.05) is 7.11 Å². The van der Waals surface area contributed by atoms with E-state index in [0.717, 1.165) is 43.5 Å². The molecule has 0 saturated heterocycles. The minimum absolute atomic E-state index is 0.0592.